The third-order valence-corrected chi connectivity index (χ3v) is 8.39. The smallest absolute Gasteiger partial charge is 0.262 e. The van der Waals surface area contributed by atoms with Crippen LogP contribution in [0.1, 0.15) is 23.0 Å². The normalized spacial score (nSPS) is 16.7. The maximum atomic E-state index is 12.4. The zero-order valence-electron chi connectivity index (χ0n) is 15.3. The van der Waals surface area contributed by atoms with Crippen LogP contribution in [0.15, 0.2) is 24.3 Å². The van der Waals surface area contributed by atoms with Gasteiger partial charge in [-0.25, -0.2) is 8.42 Å². The Morgan fingerprint density at radius 2 is 1.93 bits per heavy atom. The van der Waals surface area contributed by atoms with Gasteiger partial charge in [-0.2, -0.15) is 4.31 Å². The highest BCUT2D eigenvalue weighted by Gasteiger charge is 2.26. The minimum Gasteiger partial charge on any atom is -0.350 e. The Labute approximate surface area is 169 Å². The van der Waals surface area contributed by atoms with Gasteiger partial charge < -0.3 is 5.32 Å². The average molecular weight is 430 g/mol. The van der Waals surface area contributed by atoms with Crippen molar-refractivity contribution < 1.29 is 13.2 Å². The Bertz CT molecular complexity index is 906. The predicted octanol–water partition coefficient (Wildman–Crippen LogP) is 2.64. The van der Waals surface area contributed by atoms with Crippen LogP contribution < -0.4 is 5.32 Å². The lowest BCUT2D eigenvalue weighted by Crippen LogP contribution is -2.50. The van der Waals surface area contributed by atoms with Gasteiger partial charge >= 0.3 is 0 Å². The third-order valence-electron chi connectivity index (χ3n) is 4.64. The molecular formula is C18H24ClN3O3S2. The Morgan fingerprint density at radius 1 is 1.22 bits per heavy atom. The van der Waals surface area contributed by atoms with Crippen LogP contribution in [-0.2, 0) is 10.0 Å². The van der Waals surface area contributed by atoms with E-state index >= 15 is 0 Å². The second-order valence-corrected chi connectivity index (χ2v) is 10.1. The number of thiophene rings is 1. The number of hydrogen-bond acceptors (Lipinski definition) is 5. The first kappa shape index (κ1) is 20.5. The van der Waals surface area contributed by atoms with E-state index < -0.39 is 10.0 Å². The molecule has 0 bridgehead atoms. The minimum atomic E-state index is -3.12. The maximum Gasteiger partial charge on any atom is 0.262 e. The van der Waals surface area contributed by atoms with Crippen molar-refractivity contribution in [3.05, 3.63) is 34.2 Å². The maximum absolute atomic E-state index is 12.4. The summed E-state index contributed by atoms with van der Waals surface area (Å²) in [5.74, 6) is 0.0456. The molecule has 0 unspecified atom stereocenters. The molecule has 2 aromatic rings. The van der Waals surface area contributed by atoms with Crippen LogP contribution in [0.5, 0.6) is 0 Å². The summed E-state index contributed by atoms with van der Waals surface area (Å²) in [6.45, 7) is 5.46. The number of hydrogen-bond donors (Lipinski definition) is 1. The lowest BCUT2D eigenvalue weighted by molar-refractivity contribution is 0.0949. The van der Waals surface area contributed by atoms with E-state index in [9.17, 15) is 13.2 Å². The number of carbonyl (C=O) groups is 1. The van der Waals surface area contributed by atoms with E-state index in [1.165, 1.54) is 11.3 Å². The SMILES string of the molecule is CCCS(=O)(=O)N1CCN(CCNC(=O)c2sc3ccccc3c2Cl)CC1. The number of nitrogens with zero attached hydrogens (tertiary/aromatic N) is 2. The molecular weight excluding hydrogens is 406 g/mol. The van der Waals surface area contributed by atoms with E-state index in [2.05, 4.69) is 10.2 Å². The van der Waals surface area contributed by atoms with Crippen LogP contribution in [0.25, 0.3) is 10.1 Å². The molecule has 27 heavy (non-hydrogen) atoms. The molecule has 0 atom stereocenters. The van der Waals surface area contributed by atoms with E-state index in [0.29, 0.717) is 55.6 Å². The van der Waals surface area contributed by atoms with Gasteiger partial charge in [0.25, 0.3) is 5.91 Å². The Morgan fingerprint density at radius 3 is 2.59 bits per heavy atom. The molecule has 1 fully saturated rings. The number of benzene rings is 1. The van der Waals surface area contributed by atoms with Gasteiger partial charge in [-0.3, -0.25) is 9.69 Å². The van der Waals surface area contributed by atoms with Crippen LogP contribution in [0, 0.1) is 0 Å². The molecule has 0 aliphatic carbocycles. The molecule has 1 aliphatic rings. The summed E-state index contributed by atoms with van der Waals surface area (Å²) in [5, 5.41) is 4.33. The summed E-state index contributed by atoms with van der Waals surface area (Å²) >= 11 is 7.74. The van der Waals surface area contributed by atoms with Gasteiger partial charge in [-0.1, -0.05) is 36.7 Å². The minimum absolute atomic E-state index is 0.162. The fourth-order valence-electron chi connectivity index (χ4n) is 3.19. The molecule has 9 heteroatoms. The first-order valence-electron chi connectivity index (χ1n) is 9.08. The molecule has 0 spiro atoms. The molecule has 3 rings (SSSR count). The highest BCUT2D eigenvalue weighted by molar-refractivity contribution is 7.89. The molecule has 0 radical (unpaired) electrons. The van der Waals surface area contributed by atoms with E-state index in [1.54, 1.807) is 4.31 Å². The number of piperazine rings is 1. The monoisotopic (exact) mass is 429 g/mol. The molecule has 1 aromatic carbocycles. The van der Waals surface area contributed by atoms with Crippen molar-refractivity contribution in [2.75, 3.05) is 45.0 Å². The van der Waals surface area contributed by atoms with E-state index in [0.717, 1.165) is 10.1 Å². The largest absolute Gasteiger partial charge is 0.350 e. The highest BCUT2D eigenvalue weighted by atomic mass is 35.5. The molecule has 148 valence electrons. The Kier molecular flexibility index (Phi) is 6.75. The predicted molar refractivity (Wildman–Crippen MR) is 111 cm³/mol. The quantitative estimate of drug-likeness (QED) is 0.734. The molecule has 2 heterocycles. The zero-order valence-corrected chi connectivity index (χ0v) is 17.7. The third kappa shape index (κ3) is 4.81. The number of halogens is 1. The first-order valence-corrected chi connectivity index (χ1v) is 11.9. The van der Waals surface area contributed by atoms with Crippen LogP contribution >= 0.6 is 22.9 Å². The molecule has 1 aliphatic heterocycles. The molecule has 0 saturated carbocycles. The second kappa shape index (κ2) is 8.87. The van der Waals surface area contributed by atoms with Crippen molar-refractivity contribution in [2.24, 2.45) is 0 Å². The van der Waals surface area contributed by atoms with Crippen molar-refractivity contribution in [1.82, 2.24) is 14.5 Å². The van der Waals surface area contributed by atoms with Crippen molar-refractivity contribution in [3.8, 4) is 0 Å². The topological polar surface area (TPSA) is 69.7 Å². The summed E-state index contributed by atoms with van der Waals surface area (Å²) in [4.78, 5) is 15.1. The standard InChI is InChI=1S/C18H24ClN3O3S2/c1-2-13-27(24,25)22-11-9-21(10-12-22)8-7-20-18(23)17-16(19)14-5-3-4-6-15(14)26-17/h3-6H,2,7-13H2,1H3,(H,20,23). The van der Waals surface area contributed by atoms with Crippen molar-refractivity contribution in [3.63, 3.8) is 0 Å². The van der Waals surface area contributed by atoms with Crippen molar-refractivity contribution in [2.45, 2.75) is 13.3 Å². The van der Waals surface area contributed by atoms with Gasteiger partial charge in [0.05, 0.1) is 10.8 Å². The summed E-state index contributed by atoms with van der Waals surface area (Å²) in [7, 11) is -3.12. The first-order chi connectivity index (χ1) is 12.9. The van der Waals surface area contributed by atoms with Crippen LogP contribution in [0.4, 0.5) is 0 Å². The number of sulfonamides is 1. The Balaban J connectivity index is 1.48. The van der Waals surface area contributed by atoms with Gasteiger partial charge in [-0.15, -0.1) is 11.3 Å². The molecule has 1 saturated heterocycles. The molecule has 6 nitrogen and oxygen atoms in total. The van der Waals surface area contributed by atoms with Gasteiger partial charge in [0.1, 0.15) is 4.88 Å². The van der Waals surface area contributed by atoms with E-state index in [4.69, 9.17) is 11.6 Å². The van der Waals surface area contributed by atoms with Crippen LogP contribution in [-0.4, -0.2) is 68.6 Å². The average Bonchev–Trinajstić information content (AvgIpc) is 2.99. The molecule has 1 amide bonds. The zero-order chi connectivity index (χ0) is 19.4. The lowest BCUT2D eigenvalue weighted by Gasteiger charge is -2.33. The molecule has 1 N–H and O–H groups in total. The van der Waals surface area contributed by atoms with E-state index in [-0.39, 0.29) is 11.7 Å². The van der Waals surface area contributed by atoms with Gasteiger partial charge in [0.15, 0.2) is 0 Å². The summed E-state index contributed by atoms with van der Waals surface area (Å²) < 4.78 is 26.8. The Hall–Kier alpha value is -1.19. The fourth-order valence-corrected chi connectivity index (χ4v) is 6.11. The van der Waals surface area contributed by atoms with Gasteiger partial charge in [0.2, 0.25) is 10.0 Å². The second-order valence-electron chi connectivity index (χ2n) is 6.55. The van der Waals surface area contributed by atoms with Crippen molar-refractivity contribution >= 4 is 49.0 Å². The lowest BCUT2D eigenvalue weighted by atomic mass is 10.2. The summed E-state index contributed by atoms with van der Waals surface area (Å²) in [5.41, 5.74) is 0. The summed E-state index contributed by atoms with van der Waals surface area (Å²) in [6, 6.07) is 7.70. The number of fused-ring (bicyclic) bond motifs is 1. The fraction of sp³-hybridized carbons (Fsp3) is 0.500. The number of rotatable bonds is 7. The number of amides is 1. The summed E-state index contributed by atoms with van der Waals surface area (Å²) in [6.07, 6.45) is 0.634. The van der Waals surface area contributed by atoms with Gasteiger partial charge in [-0.05, 0) is 12.5 Å². The number of carbonyl (C=O) groups excluding carboxylic acids is 1. The highest BCUT2D eigenvalue weighted by Crippen LogP contribution is 2.34. The molecule has 1 aromatic heterocycles. The van der Waals surface area contributed by atoms with Crippen LogP contribution in [0.3, 0.4) is 0 Å². The number of nitrogens with one attached hydrogen (secondary N) is 1. The van der Waals surface area contributed by atoms with Crippen molar-refractivity contribution in [1.29, 1.82) is 0 Å². The van der Waals surface area contributed by atoms with Crippen LogP contribution in [0.2, 0.25) is 5.02 Å². The van der Waals surface area contributed by atoms with E-state index in [1.807, 2.05) is 31.2 Å². The van der Waals surface area contributed by atoms with Gasteiger partial charge in [0, 0.05) is 49.4 Å².